The summed E-state index contributed by atoms with van der Waals surface area (Å²) in [7, 11) is 0. The number of rotatable bonds is 4. The highest BCUT2D eigenvalue weighted by Gasteiger charge is 1.84. The molecular weight excluding hydrogens is 150 g/mol. The highest BCUT2D eigenvalue weighted by molar-refractivity contribution is 5.72. The van der Waals surface area contributed by atoms with Crippen molar-refractivity contribution in [2.75, 3.05) is 6.54 Å². The highest BCUT2D eigenvalue weighted by Crippen LogP contribution is 1.93. The van der Waals surface area contributed by atoms with Gasteiger partial charge in [0.1, 0.15) is 0 Å². The molecule has 0 aliphatic heterocycles. The van der Waals surface area contributed by atoms with Crippen molar-refractivity contribution in [3.63, 3.8) is 0 Å². The summed E-state index contributed by atoms with van der Waals surface area (Å²) in [5.74, 6) is -0.00926. The summed E-state index contributed by atoms with van der Waals surface area (Å²) < 4.78 is 0. The van der Waals surface area contributed by atoms with E-state index >= 15 is 0 Å². The van der Waals surface area contributed by atoms with Crippen LogP contribution in [0.4, 0.5) is 0 Å². The van der Waals surface area contributed by atoms with Gasteiger partial charge in [-0.05, 0) is 6.92 Å². The van der Waals surface area contributed by atoms with E-state index in [4.69, 9.17) is 0 Å². The van der Waals surface area contributed by atoms with Crippen LogP contribution in [0.1, 0.15) is 13.8 Å². The monoisotopic (exact) mass is 165 g/mol. The van der Waals surface area contributed by atoms with E-state index in [-0.39, 0.29) is 5.91 Å². The molecule has 0 bridgehead atoms. The van der Waals surface area contributed by atoms with E-state index in [0.29, 0.717) is 6.54 Å². The molecule has 2 heteroatoms. The quantitative estimate of drug-likeness (QED) is 0.632. The molecule has 0 aliphatic rings. The number of hydrogen-bond acceptors (Lipinski definition) is 1. The van der Waals surface area contributed by atoms with E-state index in [1.165, 1.54) is 6.92 Å². The van der Waals surface area contributed by atoms with Crippen molar-refractivity contribution < 1.29 is 4.79 Å². The standard InChI is InChI=1S/C10H15NO/c1-4-6-9(2)7-5-8-11-10(3)12/h4-7H,1,8H2,2-3H3,(H,11,12)/b7-5-,9-6-. The molecule has 0 saturated carbocycles. The molecule has 2 nitrogen and oxygen atoms in total. The van der Waals surface area contributed by atoms with Gasteiger partial charge < -0.3 is 5.32 Å². The Morgan fingerprint density at radius 1 is 1.50 bits per heavy atom. The maximum Gasteiger partial charge on any atom is 0.217 e. The van der Waals surface area contributed by atoms with Crippen LogP contribution in [-0.4, -0.2) is 12.5 Å². The number of allylic oxidation sites excluding steroid dienone is 4. The Morgan fingerprint density at radius 2 is 2.17 bits per heavy atom. The zero-order chi connectivity index (χ0) is 9.40. The zero-order valence-corrected chi connectivity index (χ0v) is 7.63. The van der Waals surface area contributed by atoms with Gasteiger partial charge >= 0.3 is 0 Å². The molecule has 1 amide bonds. The summed E-state index contributed by atoms with van der Waals surface area (Å²) >= 11 is 0. The smallest absolute Gasteiger partial charge is 0.217 e. The SMILES string of the molecule is C=C/C=C(C)\C=C/CNC(C)=O. The summed E-state index contributed by atoms with van der Waals surface area (Å²) in [6.07, 6.45) is 7.48. The van der Waals surface area contributed by atoms with Crippen molar-refractivity contribution in [1.82, 2.24) is 5.32 Å². The van der Waals surface area contributed by atoms with Crippen LogP contribution < -0.4 is 5.32 Å². The van der Waals surface area contributed by atoms with Crippen molar-refractivity contribution in [3.8, 4) is 0 Å². The van der Waals surface area contributed by atoms with Crippen LogP contribution in [0.25, 0.3) is 0 Å². The van der Waals surface area contributed by atoms with E-state index in [1.807, 2.05) is 25.2 Å². The van der Waals surface area contributed by atoms with Gasteiger partial charge in [-0.25, -0.2) is 0 Å². The molecular formula is C10H15NO. The lowest BCUT2D eigenvalue weighted by molar-refractivity contribution is -0.118. The van der Waals surface area contributed by atoms with Crippen LogP contribution in [0.3, 0.4) is 0 Å². The van der Waals surface area contributed by atoms with E-state index in [0.717, 1.165) is 5.57 Å². The first-order valence-electron chi connectivity index (χ1n) is 3.87. The molecule has 0 atom stereocenters. The van der Waals surface area contributed by atoms with E-state index in [1.54, 1.807) is 6.08 Å². The highest BCUT2D eigenvalue weighted by atomic mass is 16.1. The predicted molar refractivity (Wildman–Crippen MR) is 51.8 cm³/mol. The first kappa shape index (κ1) is 10.7. The Labute approximate surface area is 73.7 Å². The molecule has 0 radical (unpaired) electrons. The van der Waals surface area contributed by atoms with Gasteiger partial charge in [0.05, 0.1) is 0 Å². The van der Waals surface area contributed by atoms with E-state index in [2.05, 4.69) is 11.9 Å². The van der Waals surface area contributed by atoms with Crippen LogP contribution in [-0.2, 0) is 4.79 Å². The number of carbonyl (C=O) groups excluding carboxylic acids is 1. The zero-order valence-electron chi connectivity index (χ0n) is 7.63. The Balaban J connectivity index is 3.68. The van der Waals surface area contributed by atoms with Crippen molar-refractivity contribution in [1.29, 1.82) is 0 Å². The van der Waals surface area contributed by atoms with Crippen molar-refractivity contribution >= 4 is 5.91 Å². The summed E-state index contributed by atoms with van der Waals surface area (Å²) in [6, 6.07) is 0. The molecule has 0 unspecified atom stereocenters. The lowest BCUT2D eigenvalue weighted by Crippen LogP contribution is -2.19. The van der Waals surface area contributed by atoms with Crippen LogP contribution >= 0.6 is 0 Å². The second-order valence-corrected chi connectivity index (χ2v) is 2.49. The van der Waals surface area contributed by atoms with Gasteiger partial charge in [-0.3, -0.25) is 4.79 Å². The van der Waals surface area contributed by atoms with Crippen LogP contribution in [0.15, 0.2) is 36.5 Å². The number of nitrogens with one attached hydrogen (secondary N) is 1. The van der Waals surface area contributed by atoms with E-state index in [9.17, 15) is 4.79 Å². The normalized spacial score (nSPS) is 11.7. The van der Waals surface area contributed by atoms with Gasteiger partial charge in [0.15, 0.2) is 0 Å². The molecule has 0 aromatic carbocycles. The summed E-state index contributed by atoms with van der Waals surface area (Å²) in [4.78, 5) is 10.4. The number of amides is 1. The first-order valence-corrected chi connectivity index (χ1v) is 3.87. The molecule has 0 aliphatic carbocycles. The summed E-state index contributed by atoms with van der Waals surface area (Å²) in [5.41, 5.74) is 1.12. The van der Waals surface area contributed by atoms with Crippen molar-refractivity contribution in [2.24, 2.45) is 0 Å². The van der Waals surface area contributed by atoms with Crippen molar-refractivity contribution in [2.45, 2.75) is 13.8 Å². The Hall–Kier alpha value is -1.31. The molecule has 66 valence electrons. The molecule has 0 spiro atoms. The average molecular weight is 165 g/mol. The van der Waals surface area contributed by atoms with Gasteiger partial charge in [-0.2, -0.15) is 0 Å². The fourth-order valence-corrected chi connectivity index (χ4v) is 0.689. The van der Waals surface area contributed by atoms with Gasteiger partial charge in [-0.15, -0.1) is 0 Å². The minimum absolute atomic E-state index is 0.00926. The Kier molecular flexibility index (Phi) is 5.70. The summed E-state index contributed by atoms with van der Waals surface area (Å²) in [6.45, 7) is 7.64. The van der Waals surface area contributed by atoms with Gasteiger partial charge in [0.25, 0.3) is 0 Å². The second kappa shape index (κ2) is 6.40. The van der Waals surface area contributed by atoms with Crippen LogP contribution in [0.2, 0.25) is 0 Å². The lowest BCUT2D eigenvalue weighted by atomic mass is 10.2. The average Bonchev–Trinajstić information content (AvgIpc) is 1.98. The predicted octanol–water partition coefficient (Wildman–Crippen LogP) is 1.81. The fourth-order valence-electron chi connectivity index (χ4n) is 0.689. The minimum atomic E-state index is -0.00926. The van der Waals surface area contributed by atoms with Gasteiger partial charge in [0.2, 0.25) is 5.91 Å². The molecule has 0 aromatic rings. The van der Waals surface area contributed by atoms with Gasteiger partial charge in [0, 0.05) is 13.5 Å². The van der Waals surface area contributed by atoms with Crippen molar-refractivity contribution in [3.05, 3.63) is 36.5 Å². The molecule has 0 rings (SSSR count). The van der Waals surface area contributed by atoms with Crippen LogP contribution in [0.5, 0.6) is 0 Å². The molecule has 12 heavy (non-hydrogen) atoms. The Morgan fingerprint density at radius 3 is 2.67 bits per heavy atom. The topological polar surface area (TPSA) is 29.1 Å². The molecule has 1 N–H and O–H groups in total. The Bertz CT molecular complexity index is 214. The third-order valence-corrected chi connectivity index (χ3v) is 1.23. The first-order chi connectivity index (χ1) is 5.66. The lowest BCUT2D eigenvalue weighted by Gasteiger charge is -1.94. The largest absolute Gasteiger partial charge is 0.353 e. The molecule has 0 heterocycles. The maximum absolute atomic E-state index is 10.4. The number of hydrogen-bond donors (Lipinski definition) is 1. The molecule has 0 saturated heterocycles. The number of carbonyl (C=O) groups is 1. The summed E-state index contributed by atoms with van der Waals surface area (Å²) in [5, 5.41) is 2.66. The third-order valence-electron chi connectivity index (χ3n) is 1.23. The third kappa shape index (κ3) is 6.81. The molecule has 0 aromatic heterocycles. The molecule has 0 fully saturated rings. The maximum atomic E-state index is 10.4. The fraction of sp³-hybridized carbons (Fsp3) is 0.300. The minimum Gasteiger partial charge on any atom is -0.353 e. The van der Waals surface area contributed by atoms with Crippen LogP contribution in [0, 0.1) is 0 Å². The van der Waals surface area contributed by atoms with Gasteiger partial charge in [-0.1, -0.05) is 36.5 Å². The second-order valence-electron chi connectivity index (χ2n) is 2.49. The van der Waals surface area contributed by atoms with E-state index < -0.39 is 0 Å².